The van der Waals surface area contributed by atoms with Crippen molar-refractivity contribution in [3.8, 4) is 0 Å². The van der Waals surface area contributed by atoms with E-state index in [0.29, 0.717) is 19.0 Å². The Morgan fingerprint density at radius 1 is 1.85 bits per heavy atom. The average molecular weight is 184 g/mol. The highest BCUT2D eigenvalue weighted by atomic mass is 16.5. The molecule has 0 radical (unpaired) electrons. The second kappa shape index (κ2) is 4.30. The van der Waals surface area contributed by atoms with Gasteiger partial charge in [0, 0.05) is 12.7 Å². The molecule has 0 aliphatic carbocycles. The maximum atomic E-state index is 5.74. The van der Waals surface area contributed by atoms with Crippen molar-refractivity contribution in [1.82, 2.24) is 5.01 Å². The van der Waals surface area contributed by atoms with E-state index in [-0.39, 0.29) is 6.10 Å². The molecule has 74 valence electrons. The molecule has 1 heterocycles. The zero-order valence-electron chi connectivity index (χ0n) is 8.12. The summed E-state index contributed by atoms with van der Waals surface area (Å²) in [5.74, 6) is 6.43. The molecule has 1 aliphatic heterocycles. The van der Waals surface area contributed by atoms with Crippen LogP contribution >= 0.6 is 0 Å². The van der Waals surface area contributed by atoms with E-state index in [4.69, 9.17) is 15.3 Å². The summed E-state index contributed by atoms with van der Waals surface area (Å²) in [5.41, 5.74) is 0.942. The first-order valence-electron chi connectivity index (χ1n) is 4.20. The van der Waals surface area contributed by atoms with Gasteiger partial charge in [0.05, 0.1) is 6.54 Å². The maximum absolute atomic E-state index is 5.74. The van der Waals surface area contributed by atoms with Gasteiger partial charge < -0.3 is 9.47 Å². The van der Waals surface area contributed by atoms with Crippen LogP contribution in [0, 0.1) is 0 Å². The summed E-state index contributed by atoms with van der Waals surface area (Å²) in [6.45, 7) is 6.77. The van der Waals surface area contributed by atoms with Crippen molar-refractivity contribution in [2.45, 2.75) is 13.0 Å². The number of methoxy groups -OCH3 is 1. The van der Waals surface area contributed by atoms with E-state index in [9.17, 15) is 0 Å². The van der Waals surface area contributed by atoms with Gasteiger partial charge in [-0.2, -0.15) is 0 Å². The largest absolute Gasteiger partial charge is 0.475 e. The quantitative estimate of drug-likeness (QED) is 0.639. The van der Waals surface area contributed by atoms with Gasteiger partial charge in [0.15, 0.2) is 0 Å². The average Bonchev–Trinajstić information content (AvgIpc) is 2.16. The molecule has 4 heteroatoms. The lowest BCUT2D eigenvalue weighted by molar-refractivity contribution is -0.0504. The molecule has 0 amide bonds. The lowest BCUT2D eigenvalue weighted by atomic mass is 10.2. The molecular weight excluding hydrogens is 168 g/mol. The van der Waals surface area contributed by atoms with Gasteiger partial charge in [-0.05, 0) is 6.92 Å². The molecule has 0 spiro atoms. The number of nitrogens with two attached hydrogens (primary N) is 1. The minimum absolute atomic E-state index is 0.0476. The second-order valence-corrected chi connectivity index (χ2v) is 3.01. The van der Waals surface area contributed by atoms with E-state index in [2.05, 4.69) is 6.58 Å². The second-order valence-electron chi connectivity index (χ2n) is 3.01. The normalized spacial score (nSPS) is 26.7. The molecule has 13 heavy (non-hydrogen) atoms. The molecule has 0 aromatic heterocycles. The zero-order chi connectivity index (χ0) is 9.84. The van der Waals surface area contributed by atoms with Gasteiger partial charge in [-0.3, -0.25) is 5.01 Å². The van der Waals surface area contributed by atoms with Crippen molar-refractivity contribution >= 4 is 0 Å². The van der Waals surface area contributed by atoms with Crippen LogP contribution in [0.3, 0.4) is 0 Å². The van der Waals surface area contributed by atoms with Gasteiger partial charge in [0.2, 0.25) is 5.88 Å². The third-order valence-electron chi connectivity index (χ3n) is 2.04. The summed E-state index contributed by atoms with van der Waals surface area (Å²) in [6, 6.07) is 0. The third-order valence-corrected chi connectivity index (χ3v) is 2.04. The SMILES string of the molecule is C=C/C(C)=C1/OCC(OC)CN1N. The number of ether oxygens (including phenoxy) is 2. The molecule has 0 aromatic carbocycles. The number of hydrazine groups is 1. The van der Waals surface area contributed by atoms with Gasteiger partial charge in [0.1, 0.15) is 12.7 Å². The predicted octanol–water partition coefficient (Wildman–Crippen LogP) is 0.625. The molecular formula is C9H16N2O2. The first-order chi connectivity index (χ1) is 6.19. The summed E-state index contributed by atoms with van der Waals surface area (Å²) < 4.78 is 10.6. The van der Waals surface area contributed by atoms with E-state index >= 15 is 0 Å². The topological polar surface area (TPSA) is 47.7 Å². The first-order valence-corrected chi connectivity index (χ1v) is 4.20. The Labute approximate surface area is 78.6 Å². The molecule has 1 atom stereocenters. The van der Waals surface area contributed by atoms with E-state index in [1.807, 2.05) is 6.92 Å². The van der Waals surface area contributed by atoms with Gasteiger partial charge in [-0.1, -0.05) is 12.7 Å². The monoisotopic (exact) mass is 184 g/mol. The van der Waals surface area contributed by atoms with Crippen molar-refractivity contribution in [1.29, 1.82) is 0 Å². The van der Waals surface area contributed by atoms with Crippen molar-refractivity contribution in [2.24, 2.45) is 5.84 Å². The van der Waals surface area contributed by atoms with Gasteiger partial charge in [-0.25, -0.2) is 5.84 Å². The maximum Gasteiger partial charge on any atom is 0.206 e. The number of hydrogen-bond acceptors (Lipinski definition) is 4. The molecule has 0 aromatic rings. The number of nitrogens with zero attached hydrogens (tertiary/aromatic N) is 1. The van der Waals surface area contributed by atoms with E-state index < -0.39 is 0 Å². The van der Waals surface area contributed by atoms with Gasteiger partial charge >= 0.3 is 0 Å². The number of rotatable bonds is 2. The van der Waals surface area contributed by atoms with Crippen LogP contribution in [0.5, 0.6) is 0 Å². The van der Waals surface area contributed by atoms with E-state index in [1.54, 1.807) is 18.2 Å². The molecule has 1 saturated heterocycles. The van der Waals surface area contributed by atoms with Crippen LogP contribution in [-0.2, 0) is 9.47 Å². The molecule has 2 N–H and O–H groups in total. The molecule has 1 fully saturated rings. The highest BCUT2D eigenvalue weighted by Crippen LogP contribution is 2.16. The summed E-state index contributed by atoms with van der Waals surface area (Å²) in [7, 11) is 1.65. The molecule has 1 unspecified atom stereocenters. The standard InChI is InChI=1S/C9H16N2O2/c1-4-7(2)9-11(10)5-8(12-3)6-13-9/h4,8H,1,5-6,10H2,2-3H3/b9-7+. The summed E-state index contributed by atoms with van der Waals surface area (Å²) >= 11 is 0. The van der Waals surface area contributed by atoms with Gasteiger partial charge in [-0.15, -0.1) is 0 Å². The predicted molar refractivity (Wildman–Crippen MR) is 50.5 cm³/mol. The zero-order valence-corrected chi connectivity index (χ0v) is 8.12. The van der Waals surface area contributed by atoms with Crippen LogP contribution in [-0.4, -0.2) is 31.4 Å². The van der Waals surface area contributed by atoms with E-state index in [0.717, 1.165) is 5.57 Å². The van der Waals surface area contributed by atoms with Crippen LogP contribution in [0.25, 0.3) is 0 Å². The fourth-order valence-electron chi connectivity index (χ4n) is 1.18. The lowest BCUT2D eigenvalue weighted by Crippen LogP contribution is -2.46. The Balaban J connectivity index is 2.68. The smallest absolute Gasteiger partial charge is 0.206 e. The van der Waals surface area contributed by atoms with Crippen LogP contribution in [0.15, 0.2) is 24.1 Å². The fourth-order valence-corrected chi connectivity index (χ4v) is 1.18. The molecule has 1 rings (SSSR count). The highest BCUT2D eigenvalue weighted by Gasteiger charge is 2.22. The molecule has 0 bridgehead atoms. The Morgan fingerprint density at radius 2 is 2.54 bits per heavy atom. The third kappa shape index (κ3) is 2.23. The Bertz CT molecular complexity index is 226. The lowest BCUT2D eigenvalue weighted by Gasteiger charge is -2.32. The summed E-state index contributed by atoms with van der Waals surface area (Å²) in [6.07, 6.45) is 1.77. The van der Waals surface area contributed by atoms with Crippen LogP contribution in [0.2, 0.25) is 0 Å². The Morgan fingerprint density at radius 3 is 3.00 bits per heavy atom. The van der Waals surface area contributed by atoms with Crippen molar-refractivity contribution in [3.05, 3.63) is 24.1 Å². The molecule has 0 saturated carbocycles. The summed E-state index contributed by atoms with van der Waals surface area (Å²) in [4.78, 5) is 0. The molecule has 1 aliphatic rings. The van der Waals surface area contributed by atoms with Crippen molar-refractivity contribution < 1.29 is 9.47 Å². The summed E-state index contributed by atoms with van der Waals surface area (Å²) in [5, 5.41) is 1.55. The highest BCUT2D eigenvalue weighted by molar-refractivity contribution is 5.17. The van der Waals surface area contributed by atoms with Crippen LogP contribution < -0.4 is 5.84 Å². The van der Waals surface area contributed by atoms with Gasteiger partial charge in [0.25, 0.3) is 0 Å². The number of allylic oxidation sites excluding steroid dienone is 2. The van der Waals surface area contributed by atoms with E-state index in [1.165, 1.54) is 0 Å². The minimum Gasteiger partial charge on any atom is -0.475 e. The number of hydrogen-bond donors (Lipinski definition) is 1. The van der Waals surface area contributed by atoms with Crippen molar-refractivity contribution in [2.75, 3.05) is 20.3 Å². The fraction of sp³-hybridized carbons (Fsp3) is 0.556. The first kappa shape index (κ1) is 10.1. The van der Waals surface area contributed by atoms with Crippen LogP contribution in [0.1, 0.15) is 6.92 Å². The van der Waals surface area contributed by atoms with Crippen molar-refractivity contribution in [3.63, 3.8) is 0 Å². The minimum atomic E-state index is 0.0476. The molecule has 4 nitrogen and oxygen atoms in total. The Kier molecular flexibility index (Phi) is 3.33. The Hall–Kier alpha value is -1.00. The van der Waals surface area contributed by atoms with Crippen LogP contribution in [0.4, 0.5) is 0 Å².